The minimum absolute atomic E-state index is 0.0858. The molecule has 3 aromatic rings. The van der Waals surface area contributed by atoms with E-state index in [0.29, 0.717) is 33.9 Å². The Hall–Kier alpha value is -3.99. The maximum absolute atomic E-state index is 12.4. The molecule has 0 atom stereocenters. The van der Waals surface area contributed by atoms with Crippen LogP contribution in [0.3, 0.4) is 0 Å². The van der Waals surface area contributed by atoms with Crippen molar-refractivity contribution in [3.05, 3.63) is 47.2 Å². The van der Waals surface area contributed by atoms with Gasteiger partial charge in [-0.15, -0.1) is 0 Å². The van der Waals surface area contributed by atoms with E-state index in [1.807, 2.05) is 36.4 Å². The molecular formula is C21H20N4O4. The van der Waals surface area contributed by atoms with Crippen LogP contribution in [-0.4, -0.2) is 44.0 Å². The minimum Gasteiger partial charge on any atom is -0.495 e. The van der Waals surface area contributed by atoms with Crippen molar-refractivity contribution in [2.45, 2.75) is 0 Å². The molecule has 0 fully saturated rings. The van der Waals surface area contributed by atoms with E-state index in [1.165, 1.54) is 7.11 Å². The zero-order valence-corrected chi connectivity index (χ0v) is 16.3. The highest BCUT2D eigenvalue weighted by Gasteiger charge is 2.18. The van der Waals surface area contributed by atoms with Crippen LogP contribution >= 0.6 is 0 Å². The predicted octanol–water partition coefficient (Wildman–Crippen LogP) is 3.01. The first kappa shape index (κ1) is 19.8. The lowest BCUT2D eigenvalue weighted by Gasteiger charge is -2.09. The van der Waals surface area contributed by atoms with Gasteiger partial charge in [-0.25, -0.2) is 0 Å². The highest BCUT2D eigenvalue weighted by Crippen LogP contribution is 2.33. The number of hydrogen-bond acceptors (Lipinski definition) is 6. The van der Waals surface area contributed by atoms with Crippen LogP contribution in [0.4, 0.5) is 0 Å². The first-order chi connectivity index (χ1) is 14.1. The van der Waals surface area contributed by atoms with E-state index < -0.39 is 0 Å². The van der Waals surface area contributed by atoms with Crippen LogP contribution in [0.1, 0.15) is 21.6 Å². The van der Waals surface area contributed by atoms with Crippen molar-refractivity contribution < 1.29 is 19.0 Å². The van der Waals surface area contributed by atoms with Crippen LogP contribution in [0.2, 0.25) is 0 Å². The predicted molar refractivity (Wildman–Crippen MR) is 109 cm³/mol. The molecule has 3 rings (SSSR count). The summed E-state index contributed by atoms with van der Waals surface area (Å²) in [6.45, 7) is -0.0858. The molecule has 0 saturated carbocycles. The fourth-order valence-corrected chi connectivity index (χ4v) is 2.96. The van der Waals surface area contributed by atoms with Crippen LogP contribution in [0.5, 0.6) is 17.2 Å². The van der Waals surface area contributed by atoms with Crippen LogP contribution < -0.4 is 19.5 Å². The van der Waals surface area contributed by atoms with Gasteiger partial charge in [0.1, 0.15) is 12.3 Å². The van der Waals surface area contributed by atoms with E-state index >= 15 is 0 Å². The fraction of sp³-hybridized carbons (Fsp3) is 0.190. The topological polar surface area (TPSA) is 109 Å². The Morgan fingerprint density at radius 2 is 1.93 bits per heavy atom. The van der Waals surface area contributed by atoms with Gasteiger partial charge < -0.3 is 19.5 Å². The maximum Gasteiger partial charge on any atom is 0.255 e. The Balaban J connectivity index is 2.01. The molecule has 2 N–H and O–H groups in total. The average molecular weight is 392 g/mol. The Labute approximate surface area is 167 Å². The van der Waals surface area contributed by atoms with Gasteiger partial charge in [-0.05, 0) is 35.9 Å². The van der Waals surface area contributed by atoms with Gasteiger partial charge in [-0.2, -0.15) is 10.4 Å². The molecule has 148 valence electrons. The van der Waals surface area contributed by atoms with E-state index in [4.69, 9.17) is 19.5 Å². The number of ether oxygens (including phenoxy) is 3. The molecule has 0 aliphatic carbocycles. The molecule has 29 heavy (non-hydrogen) atoms. The highest BCUT2D eigenvalue weighted by atomic mass is 16.5. The standard InChI is InChI=1S/C21H20N4O4/c1-27-17-9-5-13(12-18(17)28-2)4-7-15-19-16(25-24-15)8-6-14(20(19)29-3)21(26)23-11-10-22/h4-9,12H,11H2,1-3H3,(H,23,26)(H,24,25). The van der Waals surface area contributed by atoms with E-state index in [0.717, 1.165) is 11.1 Å². The summed E-state index contributed by atoms with van der Waals surface area (Å²) >= 11 is 0. The van der Waals surface area contributed by atoms with Crippen molar-refractivity contribution >= 4 is 29.0 Å². The number of nitrogens with one attached hydrogen (secondary N) is 2. The average Bonchev–Trinajstić information content (AvgIpc) is 3.18. The third-order valence-electron chi connectivity index (χ3n) is 4.33. The van der Waals surface area contributed by atoms with Crippen LogP contribution in [0.25, 0.3) is 23.1 Å². The number of carbonyl (C=O) groups excluding carboxylic acids is 1. The van der Waals surface area contributed by atoms with Gasteiger partial charge in [0.2, 0.25) is 0 Å². The number of nitrogens with zero attached hydrogens (tertiary/aromatic N) is 2. The van der Waals surface area contributed by atoms with Crippen molar-refractivity contribution in [1.82, 2.24) is 15.5 Å². The maximum atomic E-state index is 12.4. The Morgan fingerprint density at radius 3 is 2.62 bits per heavy atom. The van der Waals surface area contributed by atoms with Crippen molar-refractivity contribution in [1.29, 1.82) is 5.26 Å². The Morgan fingerprint density at radius 1 is 1.14 bits per heavy atom. The van der Waals surface area contributed by atoms with Crippen molar-refractivity contribution in [2.24, 2.45) is 0 Å². The number of fused-ring (bicyclic) bond motifs is 1. The van der Waals surface area contributed by atoms with E-state index in [2.05, 4.69) is 15.5 Å². The molecule has 0 unspecified atom stereocenters. The molecule has 0 spiro atoms. The highest BCUT2D eigenvalue weighted by molar-refractivity contribution is 6.05. The smallest absolute Gasteiger partial charge is 0.255 e. The second kappa shape index (κ2) is 8.80. The molecule has 8 nitrogen and oxygen atoms in total. The number of aromatic nitrogens is 2. The monoisotopic (exact) mass is 392 g/mol. The third kappa shape index (κ3) is 3.99. The minimum atomic E-state index is -0.388. The van der Waals surface area contributed by atoms with Gasteiger partial charge in [0.05, 0.1) is 49.6 Å². The third-order valence-corrected chi connectivity index (χ3v) is 4.33. The molecule has 0 bridgehead atoms. The lowest BCUT2D eigenvalue weighted by atomic mass is 10.1. The number of amides is 1. The number of methoxy groups -OCH3 is 3. The summed E-state index contributed by atoms with van der Waals surface area (Å²) in [5, 5.41) is 19.1. The van der Waals surface area contributed by atoms with Gasteiger partial charge >= 0.3 is 0 Å². The molecule has 0 aliphatic rings. The molecule has 1 aromatic heterocycles. The summed E-state index contributed by atoms with van der Waals surface area (Å²) in [7, 11) is 4.65. The van der Waals surface area contributed by atoms with Gasteiger partial charge in [0.15, 0.2) is 11.5 Å². The molecule has 8 heteroatoms. The fourth-order valence-electron chi connectivity index (χ4n) is 2.96. The van der Waals surface area contributed by atoms with E-state index in [-0.39, 0.29) is 12.5 Å². The number of H-pyrrole nitrogens is 1. The van der Waals surface area contributed by atoms with Gasteiger partial charge in [-0.1, -0.05) is 12.1 Å². The zero-order chi connectivity index (χ0) is 20.8. The van der Waals surface area contributed by atoms with E-state index in [1.54, 1.807) is 26.4 Å². The first-order valence-corrected chi connectivity index (χ1v) is 8.73. The number of benzene rings is 2. The van der Waals surface area contributed by atoms with Crippen molar-refractivity contribution in [3.63, 3.8) is 0 Å². The van der Waals surface area contributed by atoms with Gasteiger partial charge in [0.25, 0.3) is 5.91 Å². The summed E-state index contributed by atoms with van der Waals surface area (Å²) in [6.07, 6.45) is 3.69. The van der Waals surface area contributed by atoms with Crippen molar-refractivity contribution in [3.8, 4) is 23.3 Å². The molecular weight excluding hydrogens is 372 g/mol. The number of aromatic amines is 1. The molecule has 0 aliphatic heterocycles. The summed E-state index contributed by atoms with van der Waals surface area (Å²) in [5.74, 6) is 1.26. The summed E-state index contributed by atoms with van der Waals surface area (Å²) in [5.41, 5.74) is 2.56. The number of nitriles is 1. The van der Waals surface area contributed by atoms with Gasteiger partial charge in [0, 0.05) is 0 Å². The quantitative estimate of drug-likeness (QED) is 0.598. The summed E-state index contributed by atoms with van der Waals surface area (Å²) in [4.78, 5) is 12.4. The van der Waals surface area contributed by atoms with Crippen LogP contribution in [-0.2, 0) is 0 Å². The molecule has 1 amide bonds. The lowest BCUT2D eigenvalue weighted by molar-refractivity contribution is 0.0955. The molecule has 0 saturated heterocycles. The number of hydrogen-bond donors (Lipinski definition) is 2. The number of carbonyl (C=O) groups is 1. The largest absolute Gasteiger partial charge is 0.495 e. The van der Waals surface area contributed by atoms with Crippen LogP contribution in [0.15, 0.2) is 30.3 Å². The molecule has 1 heterocycles. The molecule has 2 aromatic carbocycles. The summed E-state index contributed by atoms with van der Waals surface area (Å²) < 4.78 is 16.1. The van der Waals surface area contributed by atoms with E-state index in [9.17, 15) is 4.79 Å². The van der Waals surface area contributed by atoms with Crippen molar-refractivity contribution in [2.75, 3.05) is 27.9 Å². The SMILES string of the molecule is COc1ccc(C=Cc2n[nH]c3ccc(C(=O)NCC#N)c(OC)c23)cc1OC. The second-order valence-corrected chi connectivity index (χ2v) is 5.97. The molecule has 0 radical (unpaired) electrons. The first-order valence-electron chi connectivity index (χ1n) is 8.73. The zero-order valence-electron chi connectivity index (χ0n) is 16.3. The number of rotatable bonds is 7. The van der Waals surface area contributed by atoms with Crippen LogP contribution in [0, 0.1) is 11.3 Å². The second-order valence-electron chi connectivity index (χ2n) is 5.97. The Bertz CT molecular complexity index is 1110. The lowest BCUT2D eigenvalue weighted by Crippen LogP contribution is -2.24. The summed E-state index contributed by atoms with van der Waals surface area (Å²) in [6, 6.07) is 10.8. The normalized spacial score (nSPS) is 10.7. The van der Waals surface area contributed by atoms with Gasteiger partial charge in [-0.3, -0.25) is 9.89 Å². The Kier molecular flexibility index (Phi) is 6.00.